The van der Waals surface area contributed by atoms with Crippen LogP contribution >= 0.6 is 0 Å². The van der Waals surface area contributed by atoms with Gasteiger partial charge >= 0.3 is 0 Å². The van der Waals surface area contributed by atoms with Crippen LogP contribution in [0, 0.1) is 0 Å². The molecule has 0 radical (unpaired) electrons. The maximum Gasteiger partial charge on any atom is 0.247 e. The Morgan fingerprint density at radius 2 is 1.79 bits per heavy atom. The lowest BCUT2D eigenvalue weighted by Crippen LogP contribution is -2.36. The summed E-state index contributed by atoms with van der Waals surface area (Å²) in [7, 11) is 0. The molecule has 3 heterocycles. The number of aromatic nitrogens is 4. The molecule has 10 nitrogen and oxygen atoms in total. The molecule has 0 atom stereocenters. The Kier molecular flexibility index (Phi) is 6.04. The largest absolute Gasteiger partial charge is 0.378 e. The summed E-state index contributed by atoms with van der Waals surface area (Å²) in [5.41, 5.74) is 3.99. The zero-order valence-corrected chi connectivity index (χ0v) is 18.4. The van der Waals surface area contributed by atoms with Gasteiger partial charge in [0.15, 0.2) is 5.65 Å². The van der Waals surface area contributed by atoms with Gasteiger partial charge in [-0.3, -0.25) is 9.89 Å². The van der Waals surface area contributed by atoms with E-state index in [1.807, 2.05) is 30.3 Å². The van der Waals surface area contributed by atoms with E-state index in [2.05, 4.69) is 59.7 Å². The van der Waals surface area contributed by atoms with Crippen molar-refractivity contribution in [2.24, 2.45) is 0 Å². The fourth-order valence-corrected chi connectivity index (χ4v) is 3.72. The van der Waals surface area contributed by atoms with E-state index in [4.69, 9.17) is 4.74 Å². The second-order valence-corrected chi connectivity index (χ2v) is 7.70. The number of nitrogens with one attached hydrogen (secondary N) is 4. The Balaban J connectivity index is 1.40. The average molecular weight is 457 g/mol. The van der Waals surface area contributed by atoms with Crippen LogP contribution in [0.3, 0.4) is 0 Å². The van der Waals surface area contributed by atoms with Gasteiger partial charge in [0.25, 0.3) is 0 Å². The summed E-state index contributed by atoms with van der Waals surface area (Å²) in [5.74, 6) is 0.731. The number of hydrogen-bond donors (Lipinski definition) is 4. The number of aromatic amines is 1. The summed E-state index contributed by atoms with van der Waals surface area (Å²) in [4.78, 5) is 23.2. The number of nitrogens with zero attached hydrogens (tertiary/aromatic N) is 4. The monoisotopic (exact) mass is 456 g/mol. The molecule has 0 unspecified atom stereocenters. The lowest BCUT2D eigenvalue weighted by Gasteiger charge is -2.29. The van der Waals surface area contributed by atoms with Crippen molar-refractivity contribution in [1.82, 2.24) is 20.2 Å². The number of benzene rings is 2. The Morgan fingerprint density at radius 3 is 2.62 bits per heavy atom. The number of hydrogen-bond acceptors (Lipinski definition) is 8. The first kappa shape index (κ1) is 21.4. The van der Waals surface area contributed by atoms with Gasteiger partial charge in [-0.1, -0.05) is 18.7 Å². The van der Waals surface area contributed by atoms with E-state index in [0.717, 1.165) is 48.8 Å². The van der Waals surface area contributed by atoms with Crippen LogP contribution in [0.25, 0.3) is 11.0 Å². The second kappa shape index (κ2) is 9.59. The molecule has 0 aliphatic carbocycles. The molecule has 34 heavy (non-hydrogen) atoms. The first-order chi connectivity index (χ1) is 16.7. The van der Waals surface area contributed by atoms with Gasteiger partial charge in [-0.2, -0.15) is 15.1 Å². The topological polar surface area (TPSA) is 120 Å². The minimum atomic E-state index is -0.276. The quantitative estimate of drug-likeness (QED) is 0.310. The van der Waals surface area contributed by atoms with E-state index >= 15 is 0 Å². The molecule has 1 aliphatic rings. The van der Waals surface area contributed by atoms with E-state index in [-0.39, 0.29) is 5.91 Å². The summed E-state index contributed by atoms with van der Waals surface area (Å²) in [6.07, 6.45) is 2.90. The molecule has 0 spiro atoms. The number of rotatable bonds is 7. The van der Waals surface area contributed by atoms with Crippen LogP contribution in [-0.4, -0.2) is 52.4 Å². The number of morpholine rings is 1. The highest BCUT2D eigenvalue weighted by Gasteiger charge is 2.13. The van der Waals surface area contributed by atoms with Gasteiger partial charge in [0.05, 0.1) is 24.8 Å². The van der Waals surface area contributed by atoms with Crippen molar-refractivity contribution in [3.8, 4) is 0 Å². The highest BCUT2D eigenvalue weighted by molar-refractivity contribution is 5.99. The lowest BCUT2D eigenvalue weighted by atomic mass is 10.2. The van der Waals surface area contributed by atoms with Crippen molar-refractivity contribution < 1.29 is 9.53 Å². The molecule has 0 saturated carbocycles. The smallest absolute Gasteiger partial charge is 0.247 e. The maximum atomic E-state index is 11.6. The van der Waals surface area contributed by atoms with Gasteiger partial charge in [0.1, 0.15) is 5.82 Å². The molecule has 1 saturated heterocycles. The minimum absolute atomic E-state index is 0.276. The summed E-state index contributed by atoms with van der Waals surface area (Å²) in [6.45, 7) is 6.66. The molecular weight excluding hydrogens is 432 g/mol. The molecule has 4 aromatic rings. The summed E-state index contributed by atoms with van der Waals surface area (Å²) in [5, 5.41) is 17.1. The van der Waals surface area contributed by atoms with Gasteiger partial charge in [0, 0.05) is 35.8 Å². The third kappa shape index (κ3) is 4.81. The number of H-pyrrole nitrogens is 1. The van der Waals surface area contributed by atoms with Crippen LogP contribution in [-0.2, 0) is 9.53 Å². The maximum absolute atomic E-state index is 11.6. The van der Waals surface area contributed by atoms with E-state index in [1.54, 1.807) is 12.3 Å². The Bertz CT molecular complexity index is 1330. The van der Waals surface area contributed by atoms with E-state index in [1.165, 1.54) is 6.08 Å². The first-order valence-electron chi connectivity index (χ1n) is 10.9. The van der Waals surface area contributed by atoms with Crippen molar-refractivity contribution in [2.45, 2.75) is 0 Å². The zero-order chi connectivity index (χ0) is 23.3. The zero-order valence-electron chi connectivity index (χ0n) is 18.4. The van der Waals surface area contributed by atoms with Crippen LogP contribution in [0.4, 0.5) is 34.5 Å². The molecule has 2 aromatic carbocycles. The summed E-state index contributed by atoms with van der Waals surface area (Å²) in [6, 6.07) is 15.5. The number of carbonyl (C=O) groups excluding carboxylic acids is 1. The number of carbonyl (C=O) groups is 1. The Labute approximate surface area is 196 Å². The van der Waals surface area contributed by atoms with E-state index in [0.29, 0.717) is 23.1 Å². The van der Waals surface area contributed by atoms with Crippen LogP contribution in [0.1, 0.15) is 0 Å². The van der Waals surface area contributed by atoms with Gasteiger partial charge in [-0.15, -0.1) is 0 Å². The Morgan fingerprint density at radius 1 is 1.03 bits per heavy atom. The normalized spacial score (nSPS) is 13.5. The van der Waals surface area contributed by atoms with Gasteiger partial charge in [-0.05, 0) is 42.5 Å². The molecule has 172 valence electrons. The highest BCUT2D eigenvalue weighted by atomic mass is 16.5. The molecule has 1 fully saturated rings. The highest BCUT2D eigenvalue weighted by Crippen LogP contribution is 2.27. The Hall–Kier alpha value is -4.44. The predicted molar refractivity (Wildman–Crippen MR) is 133 cm³/mol. The van der Waals surface area contributed by atoms with Crippen LogP contribution < -0.4 is 20.9 Å². The molecule has 1 amide bonds. The number of amides is 1. The molecule has 4 N–H and O–H groups in total. The van der Waals surface area contributed by atoms with Crippen molar-refractivity contribution in [3.05, 3.63) is 67.4 Å². The minimum Gasteiger partial charge on any atom is -0.378 e. The molecule has 10 heteroatoms. The molecule has 0 bridgehead atoms. The SMILES string of the molecule is C=CC(=O)Nc1cccc(Nc2nc(Nc3cccc(N4CCOCC4)c3)nc3[nH]ncc23)c1. The summed E-state index contributed by atoms with van der Waals surface area (Å²) >= 11 is 0. The van der Waals surface area contributed by atoms with E-state index in [9.17, 15) is 4.79 Å². The molecule has 2 aromatic heterocycles. The van der Waals surface area contributed by atoms with Crippen LogP contribution in [0.2, 0.25) is 0 Å². The predicted octanol–water partition coefficient (Wildman–Crippen LogP) is 3.80. The van der Waals surface area contributed by atoms with Gasteiger partial charge in [0.2, 0.25) is 11.9 Å². The second-order valence-electron chi connectivity index (χ2n) is 7.70. The average Bonchev–Trinajstić information content (AvgIpc) is 3.34. The fraction of sp³-hybridized carbons (Fsp3) is 0.167. The third-order valence-corrected chi connectivity index (χ3v) is 5.37. The van der Waals surface area contributed by atoms with Crippen LogP contribution in [0.5, 0.6) is 0 Å². The number of ether oxygens (including phenoxy) is 1. The van der Waals surface area contributed by atoms with Crippen molar-refractivity contribution in [3.63, 3.8) is 0 Å². The number of fused-ring (bicyclic) bond motifs is 1. The standard InChI is InChI=1S/C24H24N8O2/c1-2-21(33)26-16-5-3-6-17(13-16)27-22-20-15-25-31-23(20)30-24(29-22)28-18-7-4-8-19(14-18)32-9-11-34-12-10-32/h2-8,13-15H,1,9-12H2,(H,26,33)(H3,25,27,28,29,30,31). The van der Waals surface area contributed by atoms with Crippen LogP contribution in [0.15, 0.2) is 67.4 Å². The van der Waals surface area contributed by atoms with Gasteiger partial charge < -0.3 is 25.6 Å². The van der Waals surface area contributed by atoms with Crippen molar-refractivity contribution in [2.75, 3.05) is 47.2 Å². The van der Waals surface area contributed by atoms with E-state index < -0.39 is 0 Å². The third-order valence-electron chi connectivity index (χ3n) is 5.37. The summed E-state index contributed by atoms with van der Waals surface area (Å²) < 4.78 is 5.46. The molecule has 5 rings (SSSR count). The van der Waals surface area contributed by atoms with Crippen molar-refractivity contribution in [1.29, 1.82) is 0 Å². The number of anilines is 6. The molecule has 1 aliphatic heterocycles. The first-order valence-corrected chi connectivity index (χ1v) is 10.9. The fourth-order valence-electron chi connectivity index (χ4n) is 3.72. The van der Waals surface area contributed by atoms with Gasteiger partial charge in [-0.25, -0.2) is 0 Å². The lowest BCUT2D eigenvalue weighted by molar-refractivity contribution is -0.111. The van der Waals surface area contributed by atoms with Crippen molar-refractivity contribution >= 4 is 51.5 Å². The molecular formula is C24H24N8O2.